The summed E-state index contributed by atoms with van der Waals surface area (Å²) in [4.78, 5) is 11.4. The van der Waals surface area contributed by atoms with Gasteiger partial charge >= 0.3 is 5.63 Å². The molecule has 0 unspecified atom stereocenters. The summed E-state index contributed by atoms with van der Waals surface area (Å²) in [5.41, 5.74) is 6.85. The molecule has 0 radical (unpaired) electrons. The molecule has 0 spiro atoms. The predicted octanol–water partition coefficient (Wildman–Crippen LogP) is 3.62. The molecule has 1 aromatic heterocycles. The zero-order valence-electron chi connectivity index (χ0n) is 11.2. The Balaban J connectivity index is 2.05. The highest BCUT2D eigenvalue weighted by molar-refractivity contribution is 5.81. The van der Waals surface area contributed by atoms with Crippen LogP contribution in [-0.2, 0) is 0 Å². The van der Waals surface area contributed by atoms with Crippen LogP contribution < -0.4 is 16.1 Å². The minimum atomic E-state index is -0.442. The Kier molecular flexibility index (Phi) is 3.10. The van der Waals surface area contributed by atoms with Crippen molar-refractivity contribution < 1.29 is 13.5 Å². The van der Waals surface area contributed by atoms with Crippen LogP contribution in [0.2, 0.25) is 0 Å². The number of hydrogen-bond acceptors (Lipinski definition) is 4. The Morgan fingerprint density at radius 2 is 1.95 bits per heavy atom. The Morgan fingerprint density at radius 1 is 1.14 bits per heavy atom. The van der Waals surface area contributed by atoms with Gasteiger partial charge in [-0.3, -0.25) is 0 Å². The van der Waals surface area contributed by atoms with Gasteiger partial charge in [-0.2, -0.15) is 0 Å². The first-order chi connectivity index (χ1) is 10.0. The molecular formula is C16H12FNO3. The van der Waals surface area contributed by atoms with Crippen molar-refractivity contribution in [1.29, 1.82) is 0 Å². The molecule has 106 valence electrons. The lowest BCUT2D eigenvalue weighted by molar-refractivity contribution is 0.477. The van der Waals surface area contributed by atoms with Gasteiger partial charge in [0.2, 0.25) is 0 Å². The van der Waals surface area contributed by atoms with E-state index < -0.39 is 11.4 Å². The molecule has 2 N–H and O–H groups in total. The third-order valence-electron chi connectivity index (χ3n) is 3.13. The summed E-state index contributed by atoms with van der Waals surface area (Å²) in [6.45, 7) is 1.82. The molecule has 0 bridgehead atoms. The van der Waals surface area contributed by atoms with Crippen LogP contribution in [-0.4, -0.2) is 0 Å². The summed E-state index contributed by atoms with van der Waals surface area (Å²) < 4.78 is 23.9. The molecule has 0 aliphatic rings. The van der Waals surface area contributed by atoms with Crippen LogP contribution in [0.4, 0.5) is 10.1 Å². The van der Waals surface area contributed by atoms with Crippen LogP contribution in [0.3, 0.4) is 0 Å². The molecule has 21 heavy (non-hydrogen) atoms. The first kappa shape index (κ1) is 13.2. The lowest BCUT2D eigenvalue weighted by Gasteiger charge is -2.09. The third kappa shape index (κ3) is 2.58. The lowest BCUT2D eigenvalue weighted by atomic mass is 10.1. The second-order valence-corrected chi connectivity index (χ2v) is 4.69. The molecule has 0 aliphatic carbocycles. The molecule has 0 saturated carbocycles. The highest BCUT2D eigenvalue weighted by Crippen LogP contribution is 2.30. The summed E-state index contributed by atoms with van der Waals surface area (Å²) in [6, 6.07) is 10.4. The van der Waals surface area contributed by atoms with E-state index in [4.69, 9.17) is 14.9 Å². The maximum absolute atomic E-state index is 13.2. The van der Waals surface area contributed by atoms with Gasteiger partial charge in [-0.25, -0.2) is 9.18 Å². The average molecular weight is 285 g/mol. The van der Waals surface area contributed by atoms with Crippen molar-refractivity contribution in [3.63, 3.8) is 0 Å². The fourth-order valence-corrected chi connectivity index (χ4v) is 2.09. The molecule has 0 fully saturated rings. The van der Waals surface area contributed by atoms with Crippen LogP contribution in [0.5, 0.6) is 11.5 Å². The molecule has 5 heteroatoms. The van der Waals surface area contributed by atoms with E-state index in [1.807, 2.05) is 6.92 Å². The maximum Gasteiger partial charge on any atom is 0.336 e. The van der Waals surface area contributed by atoms with Crippen molar-refractivity contribution in [2.75, 3.05) is 5.73 Å². The van der Waals surface area contributed by atoms with Gasteiger partial charge in [0, 0.05) is 23.6 Å². The highest BCUT2D eigenvalue weighted by atomic mass is 19.1. The molecule has 0 saturated heterocycles. The number of rotatable bonds is 2. The summed E-state index contributed by atoms with van der Waals surface area (Å²) >= 11 is 0. The predicted molar refractivity (Wildman–Crippen MR) is 78.1 cm³/mol. The average Bonchev–Trinajstić information content (AvgIpc) is 2.42. The standard InChI is InChI=1S/C16H12FNO3/c1-9-6-16(19)21-14-8-11(3-4-12(9)14)20-15-7-10(17)2-5-13(15)18/h2-8H,18H2,1H3. The molecule has 3 aromatic rings. The van der Waals surface area contributed by atoms with E-state index in [1.165, 1.54) is 24.3 Å². The summed E-state index contributed by atoms with van der Waals surface area (Å²) in [7, 11) is 0. The van der Waals surface area contributed by atoms with Crippen LogP contribution in [0.25, 0.3) is 11.0 Å². The van der Waals surface area contributed by atoms with Gasteiger partial charge in [-0.05, 0) is 36.8 Å². The molecule has 0 atom stereocenters. The number of anilines is 1. The van der Waals surface area contributed by atoms with Gasteiger partial charge in [0.15, 0.2) is 5.75 Å². The van der Waals surface area contributed by atoms with E-state index in [0.717, 1.165) is 10.9 Å². The summed E-state index contributed by atoms with van der Waals surface area (Å²) in [5.74, 6) is 0.181. The van der Waals surface area contributed by atoms with Crippen molar-refractivity contribution in [2.24, 2.45) is 0 Å². The molecule has 2 aromatic carbocycles. The SMILES string of the molecule is Cc1cc(=O)oc2cc(Oc3cc(F)ccc3N)ccc12. The fourth-order valence-electron chi connectivity index (χ4n) is 2.09. The molecule has 1 heterocycles. The summed E-state index contributed by atoms with van der Waals surface area (Å²) in [5, 5.41) is 0.814. The van der Waals surface area contributed by atoms with E-state index >= 15 is 0 Å². The van der Waals surface area contributed by atoms with Crippen molar-refractivity contribution in [1.82, 2.24) is 0 Å². The highest BCUT2D eigenvalue weighted by Gasteiger charge is 2.07. The van der Waals surface area contributed by atoms with E-state index in [1.54, 1.807) is 18.2 Å². The number of halogens is 1. The van der Waals surface area contributed by atoms with Crippen LogP contribution in [0.1, 0.15) is 5.56 Å². The van der Waals surface area contributed by atoms with Crippen LogP contribution in [0, 0.1) is 12.7 Å². The van der Waals surface area contributed by atoms with Gasteiger partial charge < -0.3 is 14.9 Å². The van der Waals surface area contributed by atoms with E-state index in [9.17, 15) is 9.18 Å². The molecule has 0 aliphatic heterocycles. The third-order valence-corrected chi connectivity index (χ3v) is 3.13. The van der Waals surface area contributed by atoms with Gasteiger partial charge in [0.05, 0.1) is 5.69 Å². The summed E-state index contributed by atoms with van der Waals surface area (Å²) in [6.07, 6.45) is 0. The zero-order valence-corrected chi connectivity index (χ0v) is 11.2. The van der Waals surface area contributed by atoms with Crippen molar-refractivity contribution in [3.05, 3.63) is 64.3 Å². The van der Waals surface area contributed by atoms with E-state index in [0.29, 0.717) is 17.0 Å². The minimum Gasteiger partial charge on any atom is -0.455 e. The number of hydrogen-bond donors (Lipinski definition) is 1. The van der Waals surface area contributed by atoms with Gasteiger partial charge in [0.25, 0.3) is 0 Å². The number of nitrogens with two attached hydrogens (primary N) is 1. The number of fused-ring (bicyclic) bond motifs is 1. The smallest absolute Gasteiger partial charge is 0.336 e. The van der Waals surface area contributed by atoms with Crippen LogP contribution >= 0.6 is 0 Å². The second-order valence-electron chi connectivity index (χ2n) is 4.69. The van der Waals surface area contributed by atoms with Crippen molar-refractivity contribution in [3.8, 4) is 11.5 Å². The Hall–Kier alpha value is -2.82. The molecule has 4 nitrogen and oxygen atoms in total. The van der Waals surface area contributed by atoms with Crippen molar-refractivity contribution in [2.45, 2.75) is 6.92 Å². The molecular weight excluding hydrogens is 273 g/mol. The zero-order chi connectivity index (χ0) is 15.0. The van der Waals surface area contributed by atoms with Gasteiger partial charge in [0.1, 0.15) is 17.1 Å². The first-order valence-electron chi connectivity index (χ1n) is 6.30. The number of aryl methyl sites for hydroxylation is 1. The maximum atomic E-state index is 13.2. The topological polar surface area (TPSA) is 65.5 Å². The monoisotopic (exact) mass is 285 g/mol. The number of benzene rings is 2. The molecule has 3 rings (SSSR count). The number of ether oxygens (including phenoxy) is 1. The lowest BCUT2D eigenvalue weighted by Crippen LogP contribution is -1.98. The largest absolute Gasteiger partial charge is 0.455 e. The first-order valence-corrected chi connectivity index (χ1v) is 6.30. The fraction of sp³-hybridized carbons (Fsp3) is 0.0625. The Morgan fingerprint density at radius 3 is 2.76 bits per heavy atom. The van der Waals surface area contributed by atoms with E-state index in [-0.39, 0.29) is 5.75 Å². The Bertz CT molecular complexity index is 886. The second kappa shape index (κ2) is 4.94. The Labute approximate surface area is 119 Å². The van der Waals surface area contributed by atoms with Crippen molar-refractivity contribution >= 4 is 16.7 Å². The van der Waals surface area contributed by atoms with Gasteiger partial charge in [-0.1, -0.05) is 0 Å². The van der Waals surface area contributed by atoms with Crippen LogP contribution in [0.15, 0.2) is 51.7 Å². The van der Waals surface area contributed by atoms with E-state index in [2.05, 4.69) is 0 Å². The normalized spacial score (nSPS) is 10.8. The minimum absolute atomic E-state index is 0.212. The van der Waals surface area contributed by atoms with Gasteiger partial charge in [-0.15, -0.1) is 0 Å². The molecule has 0 amide bonds. The quantitative estimate of drug-likeness (QED) is 0.577. The number of nitrogen functional groups attached to an aromatic ring is 1.